The molecule has 0 amide bonds. The lowest BCUT2D eigenvalue weighted by Gasteiger charge is -2.14. The lowest BCUT2D eigenvalue weighted by atomic mass is 10.1. The van der Waals surface area contributed by atoms with Crippen LogP contribution in [0.15, 0.2) is 41.2 Å². The van der Waals surface area contributed by atoms with E-state index in [2.05, 4.69) is 28.9 Å². The van der Waals surface area contributed by atoms with Gasteiger partial charge in [0, 0.05) is 11.8 Å². The largest absolute Gasteiger partial charge is 0.512 e. The number of aliphatic hydroxyl groups excluding tert-OH is 1. The van der Waals surface area contributed by atoms with Crippen molar-refractivity contribution in [1.82, 2.24) is 15.0 Å². The van der Waals surface area contributed by atoms with E-state index in [-0.39, 0.29) is 32.5 Å². The second-order valence-electron chi connectivity index (χ2n) is 6.83. The van der Waals surface area contributed by atoms with Crippen LogP contribution in [0.2, 0.25) is 5.02 Å². The highest BCUT2D eigenvalue weighted by molar-refractivity contribution is 7.92. The van der Waals surface area contributed by atoms with Gasteiger partial charge in [-0.1, -0.05) is 20.8 Å². The van der Waals surface area contributed by atoms with E-state index in [1.54, 1.807) is 6.92 Å². The molecule has 2 heterocycles. The Hall–Kier alpha value is -2.68. The van der Waals surface area contributed by atoms with Crippen molar-refractivity contribution in [2.24, 2.45) is 0 Å². The molecule has 0 saturated heterocycles. The fourth-order valence-electron chi connectivity index (χ4n) is 2.77. The van der Waals surface area contributed by atoms with Crippen LogP contribution in [-0.2, 0) is 10.0 Å². The molecule has 2 aromatic heterocycles. The van der Waals surface area contributed by atoms with Crippen molar-refractivity contribution in [3.63, 3.8) is 0 Å². The standard InChI is InChI=1S/C20H18ClF2N4O3PS/c1-9(11(3)28)15-8-25-19(20(31)26-15)17-13(22)4-5-14(18(17)23)27-32(29,30)16-6-12(21)7-24-10(16)2/h4-8,27-28H,31H2,1-3H3/b11-9-. The van der Waals surface area contributed by atoms with Crippen LogP contribution >= 0.6 is 20.8 Å². The Morgan fingerprint density at radius 1 is 1.19 bits per heavy atom. The third-order valence-corrected chi connectivity index (χ3v) is 6.69. The summed E-state index contributed by atoms with van der Waals surface area (Å²) in [5.74, 6) is -2.10. The number of halogens is 3. The fourth-order valence-corrected chi connectivity index (χ4v) is 4.63. The molecule has 0 aliphatic carbocycles. The normalized spacial score (nSPS) is 12.5. The number of allylic oxidation sites excluding steroid dienone is 2. The quantitative estimate of drug-likeness (QED) is 0.399. The van der Waals surface area contributed by atoms with Crippen LogP contribution in [0.3, 0.4) is 0 Å². The molecule has 7 nitrogen and oxygen atoms in total. The molecule has 3 aromatic rings. The van der Waals surface area contributed by atoms with Gasteiger partial charge in [-0.2, -0.15) is 0 Å². The highest BCUT2D eigenvalue weighted by Crippen LogP contribution is 2.31. The van der Waals surface area contributed by atoms with Crippen molar-refractivity contribution in [1.29, 1.82) is 0 Å². The summed E-state index contributed by atoms with van der Waals surface area (Å²) in [5.41, 5.74) is -0.160. The van der Waals surface area contributed by atoms with Gasteiger partial charge in [0.1, 0.15) is 16.4 Å². The number of pyridine rings is 1. The first-order chi connectivity index (χ1) is 14.9. The number of sulfonamides is 1. The summed E-state index contributed by atoms with van der Waals surface area (Å²) in [6.45, 7) is 4.55. The minimum atomic E-state index is -4.27. The van der Waals surface area contributed by atoms with Gasteiger partial charge in [0.15, 0.2) is 5.82 Å². The second-order valence-corrected chi connectivity index (χ2v) is 9.46. The lowest BCUT2D eigenvalue weighted by molar-refractivity contribution is 0.416. The van der Waals surface area contributed by atoms with E-state index in [0.717, 1.165) is 12.1 Å². The van der Waals surface area contributed by atoms with E-state index in [0.29, 0.717) is 11.3 Å². The molecular weight excluding hydrogens is 481 g/mol. The molecule has 0 radical (unpaired) electrons. The van der Waals surface area contributed by atoms with Gasteiger partial charge in [0.25, 0.3) is 10.0 Å². The zero-order valence-electron chi connectivity index (χ0n) is 17.1. The number of nitrogens with zero attached hydrogens (tertiary/aromatic N) is 3. The number of aryl methyl sites for hydroxylation is 1. The van der Waals surface area contributed by atoms with E-state index in [9.17, 15) is 17.9 Å². The SMILES string of the molecule is C/C(O)=C(\C)c1cnc(-c2c(F)ccc(NS(=O)(=O)c3cc(Cl)cnc3C)c2F)c(P)n1. The summed E-state index contributed by atoms with van der Waals surface area (Å²) in [4.78, 5) is 11.9. The minimum absolute atomic E-state index is 0.0241. The van der Waals surface area contributed by atoms with Crippen LogP contribution < -0.4 is 10.2 Å². The summed E-state index contributed by atoms with van der Waals surface area (Å²) in [6.07, 6.45) is 2.54. The van der Waals surface area contributed by atoms with Gasteiger partial charge >= 0.3 is 0 Å². The summed E-state index contributed by atoms with van der Waals surface area (Å²) in [7, 11) is -2.04. The average molecular weight is 499 g/mol. The number of benzene rings is 1. The Labute approximate surface area is 190 Å². The number of anilines is 1. The molecule has 0 fully saturated rings. The van der Waals surface area contributed by atoms with Crippen molar-refractivity contribution >= 4 is 47.6 Å². The first kappa shape index (κ1) is 24.0. The number of nitrogens with one attached hydrogen (secondary N) is 1. The Kier molecular flexibility index (Phi) is 6.78. The summed E-state index contributed by atoms with van der Waals surface area (Å²) < 4.78 is 57.5. The first-order valence-corrected chi connectivity index (χ1v) is 11.5. The zero-order chi connectivity index (χ0) is 23.8. The molecule has 0 bridgehead atoms. The smallest absolute Gasteiger partial charge is 0.263 e. The van der Waals surface area contributed by atoms with Crippen molar-refractivity contribution in [2.75, 3.05) is 4.72 Å². The van der Waals surface area contributed by atoms with E-state index >= 15 is 4.39 Å². The van der Waals surface area contributed by atoms with Gasteiger partial charge in [0.2, 0.25) is 0 Å². The van der Waals surface area contributed by atoms with Gasteiger partial charge < -0.3 is 5.11 Å². The monoisotopic (exact) mass is 498 g/mol. The van der Waals surface area contributed by atoms with E-state index in [1.165, 1.54) is 32.3 Å². The minimum Gasteiger partial charge on any atom is -0.512 e. The van der Waals surface area contributed by atoms with E-state index in [4.69, 9.17) is 11.6 Å². The van der Waals surface area contributed by atoms with Crippen molar-refractivity contribution in [3.05, 3.63) is 64.4 Å². The predicted molar refractivity (Wildman–Crippen MR) is 122 cm³/mol. The highest BCUT2D eigenvalue weighted by atomic mass is 35.5. The Morgan fingerprint density at radius 2 is 1.88 bits per heavy atom. The third-order valence-electron chi connectivity index (χ3n) is 4.60. The molecule has 3 rings (SSSR count). The van der Waals surface area contributed by atoms with Crippen LogP contribution in [0, 0.1) is 18.6 Å². The van der Waals surface area contributed by atoms with Crippen molar-refractivity contribution in [3.8, 4) is 11.3 Å². The third kappa shape index (κ3) is 4.72. The summed E-state index contributed by atoms with van der Waals surface area (Å²) in [6, 6.07) is 3.06. The van der Waals surface area contributed by atoms with Gasteiger partial charge in [0.05, 0.1) is 45.1 Å². The van der Waals surface area contributed by atoms with Crippen molar-refractivity contribution < 1.29 is 22.3 Å². The topological polar surface area (TPSA) is 105 Å². The second kappa shape index (κ2) is 9.05. The molecule has 168 valence electrons. The molecule has 2 N–H and O–H groups in total. The maximum absolute atomic E-state index is 15.3. The van der Waals surface area contributed by atoms with Crippen LogP contribution in [-0.4, -0.2) is 28.5 Å². The molecule has 1 atom stereocenters. The van der Waals surface area contributed by atoms with Crippen LogP contribution in [0.5, 0.6) is 0 Å². The summed E-state index contributed by atoms with van der Waals surface area (Å²) in [5, 5.41) is 9.71. The number of hydrogen-bond donors (Lipinski definition) is 2. The first-order valence-electron chi connectivity index (χ1n) is 9.05. The summed E-state index contributed by atoms with van der Waals surface area (Å²) >= 11 is 5.84. The molecule has 1 unspecified atom stereocenters. The Bertz CT molecular complexity index is 1360. The Balaban J connectivity index is 2.09. The average Bonchev–Trinajstić information content (AvgIpc) is 2.72. The van der Waals surface area contributed by atoms with Crippen LogP contribution in [0.4, 0.5) is 14.5 Å². The molecule has 0 saturated carbocycles. The molecular formula is C20H18ClF2N4O3PS. The van der Waals surface area contributed by atoms with Gasteiger partial charge in [-0.05, 0) is 39.0 Å². The van der Waals surface area contributed by atoms with Gasteiger partial charge in [-0.15, -0.1) is 0 Å². The molecule has 0 aliphatic heterocycles. The maximum atomic E-state index is 15.3. The van der Waals surface area contributed by atoms with Crippen molar-refractivity contribution in [2.45, 2.75) is 25.7 Å². The molecule has 0 aliphatic rings. The van der Waals surface area contributed by atoms with Gasteiger partial charge in [-0.3, -0.25) is 14.7 Å². The molecule has 0 spiro atoms. The highest BCUT2D eigenvalue weighted by Gasteiger charge is 2.24. The zero-order valence-corrected chi connectivity index (χ0v) is 19.8. The van der Waals surface area contributed by atoms with Gasteiger partial charge in [-0.25, -0.2) is 22.2 Å². The van der Waals surface area contributed by atoms with Crippen LogP contribution in [0.25, 0.3) is 16.8 Å². The predicted octanol–water partition coefficient (Wildman–Crippen LogP) is 4.39. The maximum Gasteiger partial charge on any atom is 0.263 e. The number of hydrogen-bond acceptors (Lipinski definition) is 6. The number of aliphatic hydroxyl groups is 1. The number of rotatable bonds is 5. The van der Waals surface area contributed by atoms with E-state index in [1.807, 2.05) is 0 Å². The molecule has 32 heavy (non-hydrogen) atoms. The number of aromatic nitrogens is 3. The molecule has 12 heteroatoms. The Morgan fingerprint density at radius 3 is 2.50 bits per heavy atom. The fraction of sp³-hybridized carbons (Fsp3) is 0.150. The lowest BCUT2D eigenvalue weighted by Crippen LogP contribution is -2.17. The molecule has 1 aromatic carbocycles. The van der Waals surface area contributed by atoms with Crippen LogP contribution in [0.1, 0.15) is 25.2 Å². The van der Waals surface area contributed by atoms with E-state index < -0.39 is 32.9 Å².